The van der Waals surface area contributed by atoms with E-state index in [0.717, 1.165) is 63.4 Å². The number of H-pyrrole nitrogens is 1. The molecule has 126 valence electrons. The summed E-state index contributed by atoms with van der Waals surface area (Å²) in [4.78, 5) is 29.6. The van der Waals surface area contributed by atoms with Crippen molar-refractivity contribution >= 4 is 5.91 Å². The highest BCUT2D eigenvalue weighted by Gasteiger charge is 2.20. The quantitative estimate of drug-likeness (QED) is 0.850. The Bertz CT molecular complexity index is 620. The van der Waals surface area contributed by atoms with Gasteiger partial charge in [0.05, 0.1) is 13.2 Å². The molecule has 2 heterocycles. The van der Waals surface area contributed by atoms with Gasteiger partial charge < -0.3 is 15.0 Å². The van der Waals surface area contributed by atoms with E-state index in [9.17, 15) is 9.59 Å². The van der Waals surface area contributed by atoms with Crippen molar-refractivity contribution in [2.45, 2.75) is 26.2 Å². The van der Waals surface area contributed by atoms with Crippen molar-refractivity contribution < 1.29 is 9.53 Å². The van der Waals surface area contributed by atoms with Gasteiger partial charge >= 0.3 is 0 Å². The molecule has 1 fully saturated rings. The first kappa shape index (κ1) is 16.2. The molecule has 1 saturated heterocycles. The number of fused-ring (bicyclic) bond motifs is 1. The lowest BCUT2D eigenvalue weighted by atomic mass is 9.87. The van der Waals surface area contributed by atoms with Gasteiger partial charge in [0, 0.05) is 31.9 Å². The number of aromatic nitrogens is 1. The summed E-state index contributed by atoms with van der Waals surface area (Å²) in [5, 5.41) is 2.86. The molecule has 0 unspecified atom stereocenters. The predicted molar refractivity (Wildman–Crippen MR) is 87.8 cm³/mol. The van der Waals surface area contributed by atoms with Crippen LogP contribution in [-0.2, 0) is 17.6 Å². The zero-order valence-corrected chi connectivity index (χ0v) is 13.7. The molecule has 6 nitrogen and oxygen atoms in total. The number of carbonyl (C=O) groups is 1. The first-order chi connectivity index (χ1) is 11.1. The monoisotopic (exact) mass is 319 g/mol. The lowest BCUT2D eigenvalue weighted by Gasteiger charge is -2.26. The van der Waals surface area contributed by atoms with Crippen LogP contribution in [0, 0.1) is 5.92 Å². The van der Waals surface area contributed by atoms with Crippen molar-refractivity contribution in [1.29, 1.82) is 0 Å². The third kappa shape index (κ3) is 4.00. The van der Waals surface area contributed by atoms with Crippen molar-refractivity contribution in [1.82, 2.24) is 15.2 Å². The largest absolute Gasteiger partial charge is 0.379 e. The molecule has 0 saturated carbocycles. The Morgan fingerprint density at radius 2 is 2.22 bits per heavy atom. The first-order valence-corrected chi connectivity index (χ1v) is 8.47. The number of pyridine rings is 1. The lowest BCUT2D eigenvalue weighted by molar-refractivity contribution is 0.0383. The van der Waals surface area contributed by atoms with Gasteiger partial charge in [0.25, 0.3) is 11.5 Å². The number of hydrogen-bond donors (Lipinski definition) is 2. The van der Waals surface area contributed by atoms with E-state index in [4.69, 9.17) is 4.74 Å². The maximum absolute atomic E-state index is 12.3. The van der Waals surface area contributed by atoms with Crippen molar-refractivity contribution in [3.8, 4) is 0 Å². The summed E-state index contributed by atoms with van der Waals surface area (Å²) in [5.74, 6) is 0.325. The fraction of sp³-hybridized carbons (Fsp3) is 0.647. The van der Waals surface area contributed by atoms with E-state index >= 15 is 0 Å². The smallest absolute Gasteiger partial charge is 0.261 e. The second-order valence-corrected chi connectivity index (χ2v) is 6.57. The normalized spacial score (nSPS) is 21.7. The van der Waals surface area contributed by atoms with E-state index in [1.807, 2.05) is 0 Å². The van der Waals surface area contributed by atoms with Crippen molar-refractivity contribution in [2.75, 3.05) is 39.4 Å². The fourth-order valence-electron chi connectivity index (χ4n) is 3.30. The highest BCUT2D eigenvalue weighted by Crippen LogP contribution is 2.23. The molecule has 1 atom stereocenters. The minimum atomic E-state index is -0.277. The van der Waals surface area contributed by atoms with Gasteiger partial charge in [0.15, 0.2) is 0 Å². The number of hydrogen-bond acceptors (Lipinski definition) is 4. The van der Waals surface area contributed by atoms with E-state index in [0.29, 0.717) is 12.5 Å². The average Bonchev–Trinajstić information content (AvgIpc) is 2.55. The molecule has 0 aromatic carbocycles. The molecule has 3 rings (SSSR count). The number of nitrogens with zero attached hydrogens (tertiary/aromatic N) is 1. The molecule has 1 aromatic rings. The van der Waals surface area contributed by atoms with Crippen LogP contribution >= 0.6 is 0 Å². The molecule has 23 heavy (non-hydrogen) atoms. The predicted octanol–water partition coefficient (Wildman–Crippen LogP) is 0.562. The van der Waals surface area contributed by atoms with Crippen LogP contribution in [0.1, 0.15) is 35.0 Å². The van der Waals surface area contributed by atoms with Gasteiger partial charge in [0.2, 0.25) is 0 Å². The molecule has 2 N–H and O–H groups in total. The van der Waals surface area contributed by atoms with Crippen LogP contribution in [0.2, 0.25) is 0 Å². The number of amides is 1. The van der Waals surface area contributed by atoms with E-state index in [2.05, 4.69) is 22.1 Å². The summed E-state index contributed by atoms with van der Waals surface area (Å²) in [5.41, 5.74) is 2.07. The highest BCUT2D eigenvalue weighted by molar-refractivity contribution is 5.94. The van der Waals surface area contributed by atoms with Gasteiger partial charge in [-0.1, -0.05) is 6.92 Å². The number of morpholine rings is 1. The molecule has 1 aliphatic heterocycles. The molecule has 1 aliphatic carbocycles. The van der Waals surface area contributed by atoms with Crippen molar-refractivity contribution in [3.05, 3.63) is 33.2 Å². The minimum Gasteiger partial charge on any atom is -0.379 e. The number of nitrogens with one attached hydrogen (secondary N) is 2. The van der Waals surface area contributed by atoms with Crippen LogP contribution in [0.25, 0.3) is 0 Å². The zero-order chi connectivity index (χ0) is 16.2. The van der Waals surface area contributed by atoms with Crippen LogP contribution in [0.15, 0.2) is 10.9 Å². The summed E-state index contributed by atoms with van der Waals surface area (Å²) in [6.45, 7) is 6.82. The summed E-state index contributed by atoms with van der Waals surface area (Å²) < 4.78 is 5.30. The van der Waals surface area contributed by atoms with Crippen molar-refractivity contribution in [3.63, 3.8) is 0 Å². The molecule has 0 spiro atoms. The molecule has 1 amide bonds. The van der Waals surface area contributed by atoms with Gasteiger partial charge in [-0.3, -0.25) is 14.5 Å². The Hall–Kier alpha value is -1.66. The van der Waals surface area contributed by atoms with Crippen LogP contribution < -0.4 is 10.9 Å². The molecular formula is C17H25N3O3. The molecule has 6 heteroatoms. The summed E-state index contributed by atoms with van der Waals surface area (Å²) in [6, 6.07) is 1.79. The maximum Gasteiger partial charge on any atom is 0.261 e. The third-order valence-electron chi connectivity index (χ3n) is 4.73. The van der Waals surface area contributed by atoms with Gasteiger partial charge in [-0.25, -0.2) is 0 Å². The zero-order valence-electron chi connectivity index (χ0n) is 13.7. The number of aromatic amines is 1. The number of aryl methyl sites for hydroxylation is 1. The first-order valence-electron chi connectivity index (χ1n) is 8.47. The molecular weight excluding hydrogens is 294 g/mol. The topological polar surface area (TPSA) is 74.4 Å². The number of rotatable bonds is 4. The second kappa shape index (κ2) is 7.27. The summed E-state index contributed by atoms with van der Waals surface area (Å²) in [6.07, 6.45) is 2.92. The Balaban J connectivity index is 1.60. The van der Waals surface area contributed by atoms with Crippen LogP contribution in [0.3, 0.4) is 0 Å². The second-order valence-electron chi connectivity index (χ2n) is 6.57. The Kier molecular flexibility index (Phi) is 5.13. The Morgan fingerprint density at radius 3 is 3.00 bits per heavy atom. The van der Waals surface area contributed by atoms with E-state index < -0.39 is 0 Å². The standard InChI is InChI=1S/C17H25N3O3/c1-12-2-3-15-13(10-12)11-14(17(22)19-15)16(21)18-4-5-20-6-8-23-9-7-20/h11-12H,2-10H2,1H3,(H,18,21)(H,19,22)/t12-/m0/s1. The number of carbonyl (C=O) groups excluding carboxylic acids is 1. The highest BCUT2D eigenvalue weighted by atomic mass is 16.5. The molecule has 0 radical (unpaired) electrons. The van der Waals surface area contributed by atoms with Crippen LogP contribution in [-0.4, -0.2) is 55.2 Å². The van der Waals surface area contributed by atoms with E-state index in [1.165, 1.54) is 0 Å². The van der Waals surface area contributed by atoms with Crippen LogP contribution in [0.5, 0.6) is 0 Å². The van der Waals surface area contributed by atoms with Gasteiger partial charge in [-0.05, 0) is 36.8 Å². The number of ether oxygens (including phenoxy) is 1. The van der Waals surface area contributed by atoms with Gasteiger partial charge in [0.1, 0.15) is 5.56 Å². The average molecular weight is 319 g/mol. The lowest BCUT2D eigenvalue weighted by Crippen LogP contribution is -2.42. The Morgan fingerprint density at radius 1 is 1.43 bits per heavy atom. The van der Waals surface area contributed by atoms with Gasteiger partial charge in [-0.15, -0.1) is 0 Å². The van der Waals surface area contributed by atoms with Crippen LogP contribution in [0.4, 0.5) is 0 Å². The molecule has 1 aromatic heterocycles. The third-order valence-corrected chi connectivity index (χ3v) is 4.73. The van der Waals surface area contributed by atoms with Crippen molar-refractivity contribution in [2.24, 2.45) is 5.92 Å². The SMILES string of the molecule is C[C@H]1CCc2[nH]c(=O)c(C(=O)NCCN3CCOCC3)cc2C1. The van der Waals surface area contributed by atoms with E-state index in [-0.39, 0.29) is 17.0 Å². The molecule has 0 bridgehead atoms. The minimum absolute atomic E-state index is 0.236. The van der Waals surface area contributed by atoms with E-state index in [1.54, 1.807) is 6.07 Å². The Labute approximate surface area is 136 Å². The summed E-state index contributed by atoms with van der Waals surface area (Å²) >= 11 is 0. The summed E-state index contributed by atoms with van der Waals surface area (Å²) in [7, 11) is 0. The van der Waals surface area contributed by atoms with Gasteiger partial charge in [-0.2, -0.15) is 0 Å². The molecule has 2 aliphatic rings. The maximum atomic E-state index is 12.3. The fourth-order valence-corrected chi connectivity index (χ4v) is 3.30.